The van der Waals surface area contributed by atoms with Gasteiger partial charge < -0.3 is 20.7 Å². The van der Waals surface area contributed by atoms with E-state index in [0.717, 1.165) is 27.7 Å². The molecule has 6 nitrogen and oxygen atoms in total. The van der Waals surface area contributed by atoms with E-state index in [9.17, 15) is 14.7 Å². The topological polar surface area (TPSA) is 94.2 Å². The van der Waals surface area contributed by atoms with E-state index in [0.29, 0.717) is 29.2 Å². The number of fused-ring (bicyclic) bond motifs is 2. The highest BCUT2D eigenvalue weighted by molar-refractivity contribution is 6.32. The van der Waals surface area contributed by atoms with Crippen molar-refractivity contribution in [1.29, 1.82) is 0 Å². The van der Waals surface area contributed by atoms with Gasteiger partial charge in [0.05, 0.1) is 5.56 Å². The third-order valence-electron chi connectivity index (χ3n) is 5.24. The van der Waals surface area contributed by atoms with E-state index in [-0.39, 0.29) is 23.8 Å². The molecule has 0 fully saturated rings. The van der Waals surface area contributed by atoms with Crippen LogP contribution in [0.4, 0.5) is 0 Å². The summed E-state index contributed by atoms with van der Waals surface area (Å²) in [6, 6.07) is 11.0. The van der Waals surface area contributed by atoms with Gasteiger partial charge in [0.1, 0.15) is 0 Å². The van der Waals surface area contributed by atoms with Crippen LogP contribution in [0.15, 0.2) is 36.4 Å². The summed E-state index contributed by atoms with van der Waals surface area (Å²) in [5, 5.41) is 16.5. The molecule has 4 rings (SSSR count). The van der Waals surface area contributed by atoms with Crippen molar-refractivity contribution in [3.8, 4) is 11.3 Å². The number of amides is 2. The molecular weight excluding hydrogens is 390 g/mol. The number of hydrogen-bond donors (Lipinski definition) is 4. The summed E-state index contributed by atoms with van der Waals surface area (Å²) in [7, 11) is 0. The van der Waals surface area contributed by atoms with E-state index >= 15 is 0 Å². The fourth-order valence-electron chi connectivity index (χ4n) is 3.43. The van der Waals surface area contributed by atoms with Gasteiger partial charge in [0.15, 0.2) is 0 Å². The molecule has 1 aromatic heterocycles. The van der Waals surface area contributed by atoms with Crippen molar-refractivity contribution >= 4 is 34.3 Å². The molecular formula is C22H22ClN3O3. The molecule has 0 aliphatic carbocycles. The lowest BCUT2D eigenvalue weighted by Gasteiger charge is -2.21. The molecule has 7 heteroatoms. The van der Waals surface area contributed by atoms with E-state index in [4.69, 9.17) is 11.6 Å². The van der Waals surface area contributed by atoms with Crippen molar-refractivity contribution in [1.82, 2.24) is 15.6 Å². The Labute approximate surface area is 173 Å². The minimum Gasteiger partial charge on any atom is -0.396 e. The maximum Gasteiger partial charge on any atom is 0.252 e. The Morgan fingerprint density at radius 3 is 2.79 bits per heavy atom. The van der Waals surface area contributed by atoms with Crippen LogP contribution in [-0.2, 0) is 6.54 Å². The molecule has 0 saturated carbocycles. The predicted octanol–water partition coefficient (Wildman–Crippen LogP) is 3.48. The Hall–Kier alpha value is -2.83. The zero-order valence-electron chi connectivity index (χ0n) is 16.2. The summed E-state index contributed by atoms with van der Waals surface area (Å²) in [4.78, 5) is 28.1. The van der Waals surface area contributed by atoms with Crippen LogP contribution in [0.2, 0.25) is 5.02 Å². The number of hydrogen-bond acceptors (Lipinski definition) is 3. The monoisotopic (exact) mass is 411 g/mol. The smallest absolute Gasteiger partial charge is 0.252 e. The van der Waals surface area contributed by atoms with Gasteiger partial charge >= 0.3 is 0 Å². The molecule has 0 radical (unpaired) electrons. The molecule has 0 spiro atoms. The maximum absolute atomic E-state index is 12.5. The van der Waals surface area contributed by atoms with Gasteiger partial charge in [-0.3, -0.25) is 9.59 Å². The van der Waals surface area contributed by atoms with Crippen molar-refractivity contribution in [2.45, 2.75) is 20.4 Å². The highest BCUT2D eigenvalue weighted by atomic mass is 35.5. The van der Waals surface area contributed by atoms with E-state index in [1.807, 2.05) is 38.1 Å². The van der Waals surface area contributed by atoms with Gasteiger partial charge in [-0.25, -0.2) is 0 Å². The van der Waals surface area contributed by atoms with E-state index < -0.39 is 0 Å². The molecule has 0 bridgehead atoms. The SMILES string of the molecule is CC(C)(CO)CNC(=O)c1ccc2[nH]c(-c3ccc(Cl)c4c3C(=O)NC4)cc2c1. The Morgan fingerprint density at radius 2 is 2.03 bits per heavy atom. The van der Waals surface area contributed by atoms with Crippen molar-refractivity contribution in [3.63, 3.8) is 0 Å². The highest BCUT2D eigenvalue weighted by Crippen LogP contribution is 2.34. The van der Waals surface area contributed by atoms with Gasteiger partial charge in [-0.05, 0) is 30.3 Å². The number of halogens is 1. The lowest BCUT2D eigenvalue weighted by molar-refractivity contribution is 0.0910. The molecule has 4 N–H and O–H groups in total. The summed E-state index contributed by atoms with van der Waals surface area (Å²) in [5.41, 5.74) is 4.00. The molecule has 0 saturated heterocycles. The summed E-state index contributed by atoms with van der Waals surface area (Å²) in [6.45, 7) is 4.57. The molecule has 2 aromatic carbocycles. The summed E-state index contributed by atoms with van der Waals surface area (Å²) in [6.07, 6.45) is 0. The Bertz CT molecular complexity index is 1130. The lowest BCUT2D eigenvalue weighted by atomic mass is 9.95. The number of H-pyrrole nitrogens is 1. The van der Waals surface area contributed by atoms with Gasteiger partial charge in [-0.1, -0.05) is 31.5 Å². The first-order chi connectivity index (χ1) is 13.8. The molecule has 2 amide bonds. The van der Waals surface area contributed by atoms with Crippen LogP contribution in [-0.4, -0.2) is 35.1 Å². The van der Waals surface area contributed by atoms with Crippen molar-refractivity contribution in [2.24, 2.45) is 5.41 Å². The number of nitrogens with one attached hydrogen (secondary N) is 3. The Kier molecular flexibility index (Phi) is 4.84. The predicted molar refractivity (Wildman–Crippen MR) is 113 cm³/mol. The first-order valence-electron chi connectivity index (χ1n) is 9.41. The van der Waals surface area contributed by atoms with Crippen LogP contribution >= 0.6 is 11.6 Å². The molecule has 3 aromatic rings. The summed E-state index contributed by atoms with van der Waals surface area (Å²) < 4.78 is 0. The van der Waals surface area contributed by atoms with Crippen LogP contribution in [0.25, 0.3) is 22.2 Å². The molecule has 150 valence electrons. The third kappa shape index (κ3) is 3.61. The number of rotatable bonds is 5. The first-order valence-corrected chi connectivity index (χ1v) is 9.79. The third-order valence-corrected chi connectivity index (χ3v) is 5.59. The maximum atomic E-state index is 12.5. The average Bonchev–Trinajstić information content (AvgIpc) is 3.30. The van der Waals surface area contributed by atoms with Crippen LogP contribution in [0.5, 0.6) is 0 Å². The quantitative estimate of drug-likeness (QED) is 0.517. The number of benzene rings is 2. The number of aliphatic hydroxyl groups is 1. The second-order valence-corrected chi connectivity index (χ2v) is 8.53. The number of aromatic amines is 1. The fourth-order valence-corrected chi connectivity index (χ4v) is 3.66. The molecule has 0 atom stereocenters. The summed E-state index contributed by atoms with van der Waals surface area (Å²) in [5.74, 6) is -0.328. The van der Waals surface area contributed by atoms with Crippen LogP contribution in [0, 0.1) is 5.41 Å². The standard InChI is InChI=1S/C22H22ClN3O3/c1-22(2,11-27)10-25-20(28)12-3-6-17-13(7-12)8-18(26-17)14-4-5-16(23)15-9-24-21(29)19(14)15/h3-8,26-27H,9-11H2,1-2H3,(H,24,29)(H,25,28). The van der Waals surface area contributed by atoms with E-state index in [1.165, 1.54) is 0 Å². The number of carbonyl (C=O) groups excluding carboxylic acids is 2. The largest absolute Gasteiger partial charge is 0.396 e. The van der Waals surface area contributed by atoms with Crippen LogP contribution < -0.4 is 10.6 Å². The Balaban J connectivity index is 1.66. The molecule has 0 unspecified atom stereocenters. The van der Waals surface area contributed by atoms with Crippen molar-refractivity contribution < 1.29 is 14.7 Å². The van der Waals surface area contributed by atoms with Gasteiger partial charge in [-0.15, -0.1) is 0 Å². The highest BCUT2D eigenvalue weighted by Gasteiger charge is 2.26. The zero-order chi connectivity index (χ0) is 20.8. The van der Waals surface area contributed by atoms with E-state index in [1.54, 1.807) is 12.1 Å². The molecule has 2 heterocycles. The molecule has 1 aliphatic heterocycles. The zero-order valence-corrected chi connectivity index (χ0v) is 17.0. The Morgan fingerprint density at radius 1 is 1.24 bits per heavy atom. The van der Waals surface area contributed by atoms with Crippen LogP contribution in [0.1, 0.15) is 40.1 Å². The number of aromatic nitrogens is 1. The summed E-state index contributed by atoms with van der Waals surface area (Å²) >= 11 is 6.24. The minimum atomic E-state index is -0.378. The lowest BCUT2D eigenvalue weighted by Crippen LogP contribution is -2.36. The van der Waals surface area contributed by atoms with Crippen molar-refractivity contribution in [3.05, 3.63) is 58.1 Å². The van der Waals surface area contributed by atoms with Crippen LogP contribution in [0.3, 0.4) is 0 Å². The van der Waals surface area contributed by atoms with Gasteiger partial charge in [0.25, 0.3) is 11.8 Å². The minimum absolute atomic E-state index is 0.00746. The fraction of sp³-hybridized carbons (Fsp3) is 0.273. The van der Waals surface area contributed by atoms with Gasteiger partial charge in [-0.2, -0.15) is 0 Å². The second-order valence-electron chi connectivity index (χ2n) is 8.12. The normalized spacial score (nSPS) is 13.4. The van der Waals surface area contributed by atoms with Gasteiger partial charge in [0.2, 0.25) is 0 Å². The first kappa shape index (κ1) is 19.5. The van der Waals surface area contributed by atoms with Gasteiger partial charge in [0, 0.05) is 63.4 Å². The second kappa shape index (κ2) is 7.21. The molecule has 29 heavy (non-hydrogen) atoms. The van der Waals surface area contributed by atoms with E-state index in [2.05, 4.69) is 15.6 Å². The number of carbonyl (C=O) groups is 2. The van der Waals surface area contributed by atoms with Crippen molar-refractivity contribution in [2.75, 3.05) is 13.2 Å². The molecule has 1 aliphatic rings. The number of aliphatic hydroxyl groups excluding tert-OH is 1. The average molecular weight is 412 g/mol.